The number of ketones is 1. The molecule has 2 heterocycles. The van der Waals surface area contributed by atoms with Crippen molar-refractivity contribution in [1.29, 1.82) is 0 Å². The molecule has 4 unspecified atom stereocenters. The van der Waals surface area contributed by atoms with Crippen LogP contribution in [0.2, 0.25) is 0 Å². The van der Waals surface area contributed by atoms with E-state index < -0.39 is 52.9 Å². The van der Waals surface area contributed by atoms with Crippen LogP contribution in [0, 0.1) is 11.8 Å². The van der Waals surface area contributed by atoms with Gasteiger partial charge in [0.1, 0.15) is 11.5 Å². The number of aliphatic carboxylic acids is 1. The van der Waals surface area contributed by atoms with Crippen LogP contribution in [0.25, 0.3) is 0 Å². The molecule has 2 aliphatic rings. The van der Waals surface area contributed by atoms with E-state index in [0.717, 1.165) is 17.0 Å². The van der Waals surface area contributed by atoms with Gasteiger partial charge in [-0.15, -0.1) is 0 Å². The normalized spacial score (nSPS) is 22.8. The summed E-state index contributed by atoms with van der Waals surface area (Å²) < 4.78 is 45.5. The van der Waals surface area contributed by atoms with E-state index >= 15 is 0 Å². The Morgan fingerprint density at radius 2 is 1.49 bits per heavy atom. The number of rotatable bonds is 7. The van der Waals surface area contributed by atoms with Gasteiger partial charge in [0.15, 0.2) is 11.3 Å². The van der Waals surface area contributed by atoms with Gasteiger partial charge in [0.2, 0.25) is 11.8 Å². The molecule has 0 spiro atoms. The topological polar surface area (TPSA) is 113 Å². The van der Waals surface area contributed by atoms with Crippen LogP contribution >= 0.6 is 0 Å². The molecular weight excluding hydrogens is 589 g/mol. The number of nitrogens with zero attached hydrogens (tertiary/aromatic N) is 1. The number of fused-ring (bicyclic) bond motifs is 1. The molecule has 45 heavy (non-hydrogen) atoms. The molecular formula is C34H25F3N2O6. The Bertz CT molecular complexity index is 1830. The number of alkyl halides is 3. The van der Waals surface area contributed by atoms with Gasteiger partial charge < -0.3 is 9.84 Å². The van der Waals surface area contributed by atoms with Crippen molar-refractivity contribution in [2.45, 2.75) is 24.7 Å². The SMILES string of the molecule is CC(=O)c1ccc(N2C(=O)C3C(c4cccc(Oc5cccc(C(F)(F)F)c5)c4)NC(C(=O)O)(c4ccccc4)C3C2=O)cc1. The molecule has 4 aromatic carbocycles. The Labute approximate surface area is 255 Å². The number of amides is 2. The van der Waals surface area contributed by atoms with Gasteiger partial charge >= 0.3 is 12.1 Å². The number of benzene rings is 4. The highest BCUT2D eigenvalue weighted by Gasteiger charge is 2.69. The standard InChI is InChI=1S/C34H25F3N2O6/c1-19(40)20-13-15-24(16-14-20)39-30(41)27-28(31(39)42)33(32(43)44,22-8-3-2-4-9-22)38-29(27)21-7-5-11-25(17-21)45-26-12-6-10-23(18-26)34(35,36)37/h2-18,27-29,38H,1H3,(H,43,44). The minimum Gasteiger partial charge on any atom is -0.480 e. The van der Waals surface area contributed by atoms with Gasteiger partial charge in [-0.1, -0.05) is 48.5 Å². The number of carbonyl (C=O) groups is 4. The van der Waals surface area contributed by atoms with Crippen molar-refractivity contribution < 1.29 is 42.2 Å². The van der Waals surface area contributed by atoms with E-state index in [1.165, 1.54) is 55.5 Å². The van der Waals surface area contributed by atoms with Gasteiger partial charge in [0, 0.05) is 11.6 Å². The summed E-state index contributed by atoms with van der Waals surface area (Å²) in [5, 5.41) is 13.8. The van der Waals surface area contributed by atoms with E-state index in [2.05, 4.69) is 5.32 Å². The number of anilines is 1. The number of carbonyl (C=O) groups excluding carboxylic acids is 3. The van der Waals surface area contributed by atoms with Crippen molar-refractivity contribution in [3.8, 4) is 11.5 Å². The van der Waals surface area contributed by atoms with Crippen molar-refractivity contribution in [3.05, 3.63) is 125 Å². The molecule has 2 saturated heterocycles. The van der Waals surface area contributed by atoms with E-state index in [1.54, 1.807) is 42.5 Å². The number of ether oxygens (including phenoxy) is 1. The average molecular weight is 615 g/mol. The molecule has 4 atom stereocenters. The number of hydrogen-bond acceptors (Lipinski definition) is 6. The highest BCUT2D eigenvalue weighted by molar-refractivity contribution is 6.24. The fraction of sp³-hybridized carbons (Fsp3) is 0.176. The van der Waals surface area contributed by atoms with E-state index in [1.807, 2.05) is 0 Å². The molecule has 0 saturated carbocycles. The van der Waals surface area contributed by atoms with E-state index in [4.69, 9.17) is 4.74 Å². The third kappa shape index (κ3) is 5.04. The lowest BCUT2D eigenvalue weighted by Gasteiger charge is -2.31. The number of carboxylic acid groups (broad SMARTS) is 1. The van der Waals surface area contributed by atoms with Crippen LogP contribution in [-0.4, -0.2) is 28.7 Å². The third-order valence-corrected chi connectivity index (χ3v) is 8.27. The monoisotopic (exact) mass is 614 g/mol. The second kappa shape index (κ2) is 11.0. The molecule has 11 heteroatoms. The van der Waals surface area contributed by atoms with Gasteiger partial charge in [-0.25, -0.2) is 9.69 Å². The van der Waals surface area contributed by atoms with Crippen molar-refractivity contribution in [2.75, 3.05) is 4.90 Å². The van der Waals surface area contributed by atoms with Crippen LogP contribution in [0.5, 0.6) is 11.5 Å². The van der Waals surface area contributed by atoms with Crippen LogP contribution in [0.3, 0.4) is 0 Å². The first-order chi connectivity index (χ1) is 21.4. The minimum atomic E-state index is -4.57. The van der Waals surface area contributed by atoms with Gasteiger partial charge in [-0.3, -0.25) is 19.7 Å². The maximum atomic E-state index is 14.1. The number of Topliss-reactive ketones (excluding diaryl/α,β-unsaturated/α-hetero) is 1. The first-order valence-corrected chi connectivity index (χ1v) is 13.9. The number of hydrogen-bond donors (Lipinski definition) is 2. The van der Waals surface area contributed by atoms with Crippen LogP contribution in [0.4, 0.5) is 18.9 Å². The molecule has 6 rings (SSSR count). The zero-order chi connectivity index (χ0) is 32.1. The summed E-state index contributed by atoms with van der Waals surface area (Å²) >= 11 is 0. The highest BCUT2D eigenvalue weighted by atomic mass is 19.4. The first-order valence-electron chi connectivity index (χ1n) is 13.9. The average Bonchev–Trinajstić information content (AvgIpc) is 3.51. The molecule has 4 aromatic rings. The van der Waals surface area contributed by atoms with Crippen LogP contribution in [0.1, 0.15) is 40.0 Å². The van der Waals surface area contributed by atoms with Gasteiger partial charge in [-0.2, -0.15) is 13.2 Å². The number of carboxylic acids is 1. The minimum absolute atomic E-state index is 0.0734. The predicted octanol–water partition coefficient (Wildman–Crippen LogP) is 6.13. The molecule has 0 aliphatic carbocycles. The number of halogens is 3. The van der Waals surface area contributed by atoms with Crippen molar-refractivity contribution in [3.63, 3.8) is 0 Å². The van der Waals surface area contributed by atoms with E-state index in [9.17, 15) is 37.5 Å². The van der Waals surface area contributed by atoms with Gasteiger partial charge in [0.05, 0.1) is 23.1 Å². The fourth-order valence-corrected chi connectivity index (χ4v) is 6.22. The van der Waals surface area contributed by atoms with Crippen molar-refractivity contribution >= 4 is 29.3 Å². The number of imide groups is 1. The second-order valence-electron chi connectivity index (χ2n) is 10.9. The summed E-state index contributed by atoms with van der Waals surface area (Å²) in [5.41, 5.74) is -1.67. The van der Waals surface area contributed by atoms with Crippen LogP contribution in [-0.2, 0) is 26.1 Å². The number of nitrogens with one attached hydrogen (secondary N) is 1. The lowest BCUT2D eigenvalue weighted by molar-refractivity contribution is -0.149. The second-order valence-corrected chi connectivity index (χ2v) is 10.9. The van der Waals surface area contributed by atoms with Crippen LogP contribution in [0.15, 0.2) is 103 Å². The van der Waals surface area contributed by atoms with Gasteiger partial charge in [0.25, 0.3) is 0 Å². The summed E-state index contributed by atoms with van der Waals surface area (Å²) in [6, 6.07) is 23.5. The Balaban J connectivity index is 1.43. The summed E-state index contributed by atoms with van der Waals surface area (Å²) in [4.78, 5) is 54.2. The summed E-state index contributed by atoms with van der Waals surface area (Å²) in [6.45, 7) is 1.38. The predicted molar refractivity (Wildman–Crippen MR) is 156 cm³/mol. The lowest BCUT2D eigenvalue weighted by atomic mass is 9.75. The molecule has 228 valence electrons. The largest absolute Gasteiger partial charge is 0.480 e. The molecule has 2 amide bonds. The van der Waals surface area contributed by atoms with Crippen molar-refractivity contribution in [1.82, 2.24) is 5.32 Å². The maximum absolute atomic E-state index is 14.1. The van der Waals surface area contributed by atoms with Crippen LogP contribution < -0.4 is 15.0 Å². The molecule has 0 bridgehead atoms. The highest BCUT2D eigenvalue weighted by Crippen LogP contribution is 2.54. The quantitative estimate of drug-likeness (QED) is 0.190. The zero-order valence-electron chi connectivity index (χ0n) is 23.6. The molecule has 2 fully saturated rings. The summed E-state index contributed by atoms with van der Waals surface area (Å²) in [6.07, 6.45) is -4.57. The molecule has 0 aromatic heterocycles. The third-order valence-electron chi connectivity index (χ3n) is 8.27. The summed E-state index contributed by atoms with van der Waals surface area (Å²) in [7, 11) is 0. The Morgan fingerprint density at radius 3 is 2.11 bits per heavy atom. The molecule has 8 nitrogen and oxygen atoms in total. The van der Waals surface area contributed by atoms with E-state index in [0.29, 0.717) is 11.1 Å². The van der Waals surface area contributed by atoms with Crippen molar-refractivity contribution in [2.24, 2.45) is 11.8 Å². The Hall–Kier alpha value is -5.29. The Morgan fingerprint density at radius 1 is 0.844 bits per heavy atom. The maximum Gasteiger partial charge on any atom is 0.416 e. The summed E-state index contributed by atoms with van der Waals surface area (Å²) in [5.74, 6) is -5.40. The molecule has 2 aliphatic heterocycles. The zero-order valence-corrected chi connectivity index (χ0v) is 23.6. The van der Waals surface area contributed by atoms with E-state index in [-0.39, 0.29) is 28.5 Å². The smallest absolute Gasteiger partial charge is 0.416 e. The first kappa shape index (κ1) is 29.8. The lowest BCUT2D eigenvalue weighted by Crippen LogP contribution is -2.53. The molecule has 2 N–H and O–H groups in total. The Kier molecular flexibility index (Phi) is 7.28. The fourth-order valence-electron chi connectivity index (χ4n) is 6.22. The van der Waals surface area contributed by atoms with Gasteiger partial charge in [-0.05, 0) is 72.6 Å². The molecule has 0 radical (unpaired) electrons.